The van der Waals surface area contributed by atoms with E-state index in [0.29, 0.717) is 5.13 Å². The molecule has 0 saturated heterocycles. The molecular formula is C29H31N3OS. The highest BCUT2D eigenvalue weighted by atomic mass is 32.1. The van der Waals surface area contributed by atoms with Crippen molar-refractivity contribution in [1.82, 2.24) is 10.2 Å². The van der Waals surface area contributed by atoms with Gasteiger partial charge in [-0.1, -0.05) is 117 Å². The van der Waals surface area contributed by atoms with E-state index < -0.39 is 5.41 Å². The maximum atomic E-state index is 13.3. The first kappa shape index (κ1) is 23.8. The van der Waals surface area contributed by atoms with Crippen LogP contribution >= 0.6 is 11.3 Å². The fourth-order valence-electron chi connectivity index (χ4n) is 4.40. The third-order valence-electron chi connectivity index (χ3n) is 6.37. The number of hydrogen-bond donors (Lipinski definition) is 1. The Morgan fingerprint density at radius 2 is 1.53 bits per heavy atom. The number of benzene rings is 3. The van der Waals surface area contributed by atoms with E-state index >= 15 is 0 Å². The predicted octanol–water partition coefficient (Wildman–Crippen LogP) is 7.34. The lowest BCUT2D eigenvalue weighted by molar-refractivity contribution is -0.124. The highest BCUT2D eigenvalue weighted by molar-refractivity contribution is 7.13. The van der Waals surface area contributed by atoms with E-state index in [-0.39, 0.29) is 11.8 Å². The molecule has 0 aliphatic carbocycles. The Balaban J connectivity index is 1.62. The summed E-state index contributed by atoms with van der Waals surface area (Å²) in [5.74, 6) is -0.197. The predicted molar refractivity (Wildman–Crippen MR) is 141 cm³/mol. The number of hydrogen-bond acceptors (Lipinski definition) is 4. The Bertz CT molecular complexity index is 1180. The Morgan fingerprint density at radius 1 is 0.912 bits per heavy atom. The van der Waals surface area contributed by atoms with Gasteiger partial charge < -0.3 is 5.32 Å². The van der Waals surface area contributed by atoms with Gasteiger partial charge in [0.15, 0.2) is 0 Å². The van der Waals surface area contributed by atoms with Gasteiger partial charge in [-0.25, -0.2) is 0 Å². The summed E-state index contributed by atoms with van der Waals surface area (Å²) in [4.78, 5) is 13.3. The van der Waals surface area contributed by atoms with Crippen LogP contribution in [-0.2, 0) is 11.2 Å². The summed E-state index contributed by atoms with van der Waals surface area (Å²) in [5.41, 5.74) is 6.88. The van der Waals surface area contributed by atoms with Crippen LogP contribution in [0.15, 0.2) is 84.4 Å². The monoisotopic (exact) mass is 469 g/mol. The summed E-state index contributed by atoms with van der Waals surface area (Å²) in [7, 11) is 0. The first-order chi connectivity index (χ1) is 16.5. The van der Waals surface area contributed by atoms with Gasteiger partial charge in [0.05, 0.1) is 5.41 Å². The molecule has 0 radical (unpaired) electrons. The number of unbranched alkanes of at least 4 members (excludes halogenated alkanes) is 1. The summed E-state index contributed by atoms with van der Waals surface area (Å²) in [6.07, 6.45) is 3.56. The van der Waals surface area contributed by atoms with Gasteiger partial charge in [-0.3, -0.25) is 4.79 Å². The molecule has 1 unspecified atom stereocenters. The van der Waals surface area contributed by atoms with Crippen LogP contribution in [0.2, 0.25) is 0 Å². The van der Waals surface area contributed by atoms with E-state index in [2.05, 4.69) is 83.1 Å². The molecule has 174 valence electrons. The molecule has 34 heavy (non-hydrogen) atoms. The first-order valence-corrected chi connectivity index (χ1v) is 12.7. The Morgan fingerprint density at radius 3 is 2.12 bits per heavy atom. The van der Waals surface area contributed by atoms with E-state index in [9.17, 15) is 4.79 Å². The highest BCUT2D eigenvalue weighted by Gasteiger charge is 2.39. The minimum absolute atomic E-state index is 0.0788. The van der Waals surface area contributed by atoms with E-state index in [1.54, 1.807) is 5.51 Å². The highest BCUT2D eigenvalue weighted by Crippen LogP contribution is 2.42. The maximum absolute atomic E-state index is 13.3. The second kappa shape index (κ2) is 10.7. The number of aryl methyl sites for hydroxylation is 1. The van der Waals surface area contributed by atoms with Gasteiger partial charge in [0, 0.05) is 5.92 Å². The summed E-state index contributed by atoms with van der Waals surface area (Å²) < 4.78 is 0. The average Bonchev–Trinajstić information content (AvgIpc) is 3.37. The zero-order chi connectivity index (χ0) is 24.0. The van der Waals surface area contributed by atoms with Crippen LogP contribution in [0.5, 0.6) is 0 Å². The van der Waals surface area contributed by atoms with Crippen LogP contribution in [0.25, 0.3) is 11.1 Å². The fourth-order valence-corrected chi connectivity index (χ4v) is 4.84. The zero-order valence-electron chi connectivity index (χ0n) is 20.0. The number of rotatable bonds is 9. The second-order valence-corrected chi connectivity index (χ2v) is 10.0. The van der Waals surface area contributed by atoms with Crippen LogP contribution < -0.4 is 5.32 Å². The van der Waals surface area contributed by atoms with Crippen molar-refractivity contribution in [3.05, 3.63) is 101 Å². The zero-order valence-corrected chi connectivity index (χ0v) is 20.8. The fraction of sp³-hybridized carbons (Fsp3) is 0.276. The molecule has 0 spiro atoms. The Kier molecular flexibility index (Phi) is 7.53. The molecule has 1 atom stereocenters. The van der Waals surface area contributed by atoms with Crippen LogP contribution in [0.4, 0.5) is 5.13 Å². The quantitative estimate of drug-likeness (QED) is 0.279. The summed E-state index contributed by atoms with van der Waals surface area (Å²) in [6.45, 7) is 6.20. The molecule has 1 aromatic heterocycles. The number of aromatic nitrogens is 2. The van der Waals surface area contributed by atoms with Crippen LogP contribution in [-0.4, -0.2) is 16.1 Å². The first-order valence-electron chi connectivity index (χ1n) is 11.8. The van der Waals surface area contributed by atoms with E-state index in [1.165, 1.54) is 40.9 Å². The molecule has 0 fully saturated rings. The molecular weight excluding hydrogens is 438 g/mol. The van der Waals surface area contributed by atoms with Crippen LogP contribution in [0, 0.1) is 5.41 Å². The van der Waals surface area contributed by atoms with Crippen molar-refractivity contribution in [3.8, 4) is 11.1 Å². The van der Waals surface area contributed by atoms with Crippen molar-refractivity contribution in [2.75, 3.05) is 5.32 Å². The summed E-state index contributed by atoms with van der Waals surface area (Å²) in [5, 5.41) is 11.3. The molecule has 1 amide bonds. The van der Waals surface area contributed by atoms with Crippen LogP contribution in [0.3, 0.4) is 0 Å². The van der Waals surface area contributed by atoms with Crippen molar-refractivity contribution < 1.29 is 4.79 Å². The molecule has 1 heterocycles. The maximum Gasteiger partial charge on any atom is 0.232 e. The smallest absolute Gasteiger partial charge is 0.232 e. The molecule has 4 aromatic rings. The molecule has 0 aliphatic rings. The standard InChI is InChI=1S/C29H31N3OS/c1-4-5-9-21-12-14-22(15-13-21)23-16-18-25(19-17-23)26(24-10-7-6-8-11-24)29(2,3)27(33)31-28-32-30-20-34-28/h6-8,10-20,26H,4-5,9H2,1-3H3,(H,31,32,33). The largest absolute Gasteiger partial charge is 0.300 e. The van der Waals surface area contributed by atoms with Crippen molar-refractivity contribution in [1.29, 1.82) is 0 Å². The lowest BCUT2D eigenvalue weighted by atomic mass is 9.70. The van der Waals surface area contributed by atoms with Gasteiger partial charge in [-0.15, -0.1) is 10.2 Å². The number of anilines is 1. The van der Waals surface area contributed by atoms with Crippen molar-refractivity contribution in [2.24, 2.45) is 5.41 Å². The normalized spacial score (nSPS) is 12.3. The van der Waals surface area contributed by atoms with Crippen molar-refractivity contribution in [2.45, 2.75) is 46.0 Å². The molecule has 0 saturated carbocycles. The van der Waals surface area contributed by atoms with Gasteiger partial charge in [0.2, 0.25) is 11.0 Å². The molecule has 0 bridgehead atoms. The minimum Gasteiger partial charge on any atom is -0.300 e. The number of carbonyl (C=O) groups is 1. The third kappa shape index (κ3) is 5.42. The minimum atomic E-state index is -0.713. The van der Waals surface area contributed by atoms with Crippen molar-refractivity contribution >= 4 is 22.4 Å². The molecule has 3 aromatic carbocycles. The SMILES string of the molecule is CCCCc1ccc(-c2ccc(C(c3ccccc3)C(C)(C)C(=O)Nc3nncs3)cc2)cc1. The molecule has 4 rings (SSSR count). The average molecular weight is 470 g/mol. The molecule has 0 aliphatic heterocycles. The summed E-state index contributed by atoms with van der Waals surface area (Å²) >= 11 is 1.32. The van der Waals surface area contributed by atoms with E-state index in [1.807, 2.05) is 32.0 Å². The van der Waals surface area contributed by atoms with Gasteiger partial charge in [-0.2, -0.15) is 0 Å². The lowest BCUT2D eigenvalue weighted by Gasteiger charge is -2.33. The second-order valence-electron chi connectivity index (χ2n) is 9.19. The van der Waals surface area contributed by atoms with Gasteiger partial charge in [0.1, 0.15) is 5.51 Å². The Hall–Kier alpha value is -3.31. The lowest BCUT2D eigenvalue weighted by Crippen LogP contribution is -2.37. The number of nitrogens with zero attached hydrogens (tertiary/aromatic N) is 2. The molecule has 4 nitrogen and oxygen atoms in total. The van der Waals surface area contributed by atoms with Gasteiger partial charge >= 0.3 is 0 Å². The van der Waals surface area contributed by atoms with Crippen molar-refractivity contribution in [3.63, 3.8) is 0 Å². The third-order valence-corrected chi connectivity index (χ3v) is 6.98. The topological polar surface area (TPSA) is 54.9 Å². The van der Waals surface area contributed by atoms with Crippen LogP contribution in [0.1, 0.15) is 56.2 Å². The Labute approximate surface area is 206 Å². The molecule has 5 heteroatoms. The number of nitrogens with one attached hydrogen (secondary N) is 1. The summed E-state index contributed by atoms with van der Waals surface area (Å²) in [6, 6.07) is 27.7. The van der Waals surface area contributed by atoms with E-state index in [4.69, 9.17) is 0 Å². The number of amides is 1. The number of carbonyl (C=O) groups excluding carboxylic acids is 1. The van der Waals surface area contributed by atoms with Gasteiger partial charge in [-0.05, 0) is 40.7 Å². The van der Waals surface area contributed by atoms with E-state index in [0.717, 1.165) is 17.5 Å². The molecule has 1 N–H and O–H groups in total. The van der Waals surface area contributed by atoms with Gasteiger partial charge in [0.25, 0.3) is 0 Å².